The van der Waals surface area contributed by atoms with Crippen LogP contribution in [0.15, 0.2) is 72.8 Å². The van der Waals surface area contributed by atoms with Gasteiger partial charge in [0.15, 0.2) is 0 Å². The number of non-ortho nitro benzene ring substituents is 1. The van der Waals surface area contributed by atoms with E-state index >= 15 is 0 Å². The zero-order valence-electron chi connectivity index (χ0n) is 15.1. The van der Waals surface area contributed by atoms with Crippen molar-refractivity contribution < 1.29 is 14.6 Å². The summed E-state index contributed by atoms with van der Waals surface area (Å²) in [5.41, 5.74) is 1.44. The highest BCUT2D eigenvalue weighted by Gasteiger charge is 2.19. The maximum Gasteiger partial charge on any atom is 0.299 e. The predicted octanol–water partition coefficient (Wildman–Crippen LogP) is 4.37. The van der Waals surface area contributed by atoms with Gasteiger partial charge in [-0.15, -0.1) is 0 Å². The molecule has 0 unspecified atom stereocenters. The van der Waals surface area contributed by atoms with Crippen LogP contribution in [-0.2, 0) is 6.54 Å². The monoisotopic (exact) mass is 392 g/mol. The van der Waals surface area contributed by atoms with Crippen molar-refractivity contribution >= 4 is 28.7 Å². The second-order valence-electron chi connectivity index (χ2n) is 6.09. The lowest BCUT2D eigenvalue weighted by Crippen LogP contribution is -2.11. The van der Waals surface area contributed by atoms with Gasteiger partial charge in [-0.1, -0.05) is 30.3 Å². The second-order valence-corrected chi connectivity index (χ2v) is 6.09. The molecule has 0 aliphatic carbocycles. The molecular formula is C20H16N4O5. The second kappa shape index (κ2) is 8.61. The average molecular weight is 392 g/mol. The number of nitro benzene ring substituents is 2. The molecule has 0 fully saturated rings. The highest BCUT2D eigenvalue weighted by molar-refractivity contribution is 6.04. The predicted molar refractivity (Wildman–Crippen MR) is 108 cm³/mol. The van der Waals surface area contributed by atoms with Gasteiger partial charge in [0.1, 0.15) is 5.69 Å². The molecule has 0 aliphatic heterocycles. The van der Waals surface area contributed by atoms with Gasteiger partial charge in [0, 0.05) is 23.9 Å². The maximum absolute atomic E-state index is 12.2. The lowest BCUT2D eigenvalue weighted by atomic mass is 10.1. The first kappa shape index (κ1) is 19.5. The smallest absolute Gasteiger partial charge is 0.299 e. The fraction of sp³-hybridized carbons (Fsp3) is 0.0500. The van der Waals surface area contributed by atoms with E-state index < -0.39 is 9.85 Å². The van der Waals surface area contributed by atoms with E-state index in [4.69, 9.17) is 0 Å². The standard InChI is InChI=1S/C20H16N4O5/c25-20(15-4-2-1-3-5-15)22-16-8-6-14(7-9-16)13-21-18-11-10-17(23(26)27)12-19(18)24(28)29/h1-12,21H,13H2,(H,22,25). The maximum atomic E-state index is 12.2. The number of carbonyl (C=O) groups excluding carboxylic acids is 1. The SMILES string of the molecule is O=C(Nc1ccc(CNc2ccc([N+](=O)[O-])cc2[N+](=O)[O-])cc1)c1ccccc1. The van der Waals surface area contributed by atoms with Crippen LogP contribution in [-0.4, -0.2) is 15.8 Å². The number of carbonyl (C=O) groups is 1. The molecule has 1 amide bonds. The van der Waals surface area contributed by atoms with Crippen LogP contribution in [0.5, 0.6) is 0 Å². The first-order valence-corrected chi connectivity index (χ1v) is 8.56. The lowest BCUT2D eigenvalue weighted by molar-refractivity contribution is -0.393. The molecule has 0 aromatic heterocycles. The Bertz CT molecular complexity index is 1050. The molecule has 29 heavy (non-hydrogen) atoms. The molecule has 3 aromatic carbocycles. The topological polar surface area (TPSA) is 127 Å². The molecule has 3 aromatic rings. The summed E-state index contributed by atoms with van der Waals surface area (Å²) in [4.78, 5) is 32.8. The molecule has 0 heterocycles. The number of hydrogen-bond donors (Lipinski definition) is 2. The fourth-order valence-corrected chi connectivity index (χ4v) is 2.63. The van der Waals surface area contributed by atoms with Crippen LogP contribution in [0.4, 0.5) is 22.7 Å². The Morgan fingerprint density at radius 1 is 0.862 bits per heavy atom. The average Bonchev–Trinajstić information content (AvgIpc) is 2.73. The van der Waals surface area contributed by atoms with Crippen molar-refractivity contribution in [3.63, 3.8) is 0 Å². The Morgan fingerprint density at radius 2 is 1.55 bits per heavy atom. The van der Waals surface area contributed by atoms with Crippen molar-refractivity contribution in [3.8, 4) is 0 Å². The van der Waals surface area contributed by atoms with Crippen LogP contribution in [0.25, 0.3) is 0 Å². The van der Waals surface area contributed by atoms with Gasteiger partial charge in [-0.05, 0) is 35.9 Å². The minimum Gasteiger partial charge on any atom is -0.375 e. The molecule has 2 N–H and O–H groups in total. The molecule has 0 saturated carbocycles. The van der Waals surface area contributed by atoms with Crippen molar-refractivity contribution in [1.29, 1.82) is 0 Å². The molecule has 9 heteroatoms. The number of nitro groups is 2. The third kappa shape index (κ3) is 4.92. The largest absolute Gasteiger partial charge is 0.375 e. The first-order chi connectivity index (χ1) is 13.9. The molecule has 146 valence electrons. The van der Waals surface area contributed by atoms with E-state index in [9.17, 15) is 25.0 Å². The minimum absolute atomic E-state index is 0.182. The highest BCUT2D eigenvalue weighted by Crippen LogP contribution is 2.29. The Morgan fingerprint density at radius 3 is 2.17 bits per heavy atom. The summed E-state index contributed by atoms with van der Waals surface area (Å²) in [5.74, 6) is -0.224. The molecule has 0 saturated heterocycles. The number of hydrogen-bond acceptors (Lipinski definition) is 6. The third-order valence-electron chi connectivity index (χ3n) is 4.12. The summed E-state index contributed by atoms with van der Waals surface area (Å²) in [6.45, 7) is 0.269. The van der Waals surface area contributed by atoms with Gasteiger partial charge in [-0.25, -0.2) is 0 Å². The summed E-state index contributed by atoms with van der Waals surface area (Å²) in [7, 11) is 0. The van der Waals surface area contributed by atoms with E-state index in [1.165, 1.54) is 12.1 Å². The van der Waals surface area contributed by atoms with E-state index in [0.29, 0.717) is 11.3 Å². The van der Waals surface area contributed by atoms with Gasteiger partial charge in [-0.3, -0.25) is 25.0 Å². The number of rotatable bonds is 7. The fourth-order valence-electron chi connectivity index (χ4n) is 2.63. The molecule has 0 bridgehead atoms. The summed E-state index contributed by atoms with van der Waals surface area (Å²) < 4.78 is 0. The van der Waals surface area contributed by atoms with Crippen molar-refractivity contribution in [1.82, 2.24) is 0 Å². The van der Waals surface area contributed by atoms with Gasteiger partial charge in [0.05, 0.1) is 15.9 Å². The van der Waals surface area contributed by atoms with Crippen LogP contribution in [0, 0.1) is 20.2 Å². The molecule has 3 rings (SSSR count). The van der Waals surface area contributed by atoms with Gasteiger partial charge >= 0.3 is 0 Å². The molecule has 0 atom stereocenters. The zero-order valence-corrected chi connectivity index (χ0v) is 15.1. The van der Waals surface area contributed by atoms with E-state index in [1.807, 2.05) is 6.07 Å². The van der Waals surface area contributed by atoms with E-state index in [-0.39, 0.29) is 29.5 Å². The van der Waals surface area contributed by atoms with Crippen molar-refractivity contribution in [2.24, 2.45) is 0 Å². The third-order valence-corrected chi connectivity index (χ3v) is 4.12. The molecule has 0 spiro atoms. The van der Waals surface area contributed by atoms with Crippen molar-refractivity contribution in [2.45, 2.75) is 6.54 Å². The zero-order chi connectivity index (χ0) is 20.8. The normalized spacial score (nSPS) is 10.2. The van der Waals surface area contributed by atoms with Crippen LogP contribution in [0.3, 0.4) is 0 Å². The van der Waals surface area contributed by atoms with E-state index in [1.54, 1.807) is 48.5 Å². The van der Waals surface area contributed by atoms with Gasteiger partial charge in [0.2, 0.25) is 0 Å². The first-order valence-electron chi connectivity index (χ1n) is 8.56. The number of anilines is 2. The molecule has 0 aliphatic rings. The number of nitrogens with zero attached hydrogens (tertiary/aromatic N) is 2. The number of amides is 1. The number of nitrogens with one attached hydrogen (secondary N) is 2. The lowest BCUT2D eigenvalue weighted by Gasteiger charge is -2.09. The number of benzene rings is 3. The van der Waals surface area contributed by atoms with Crippen LogP contribution >= 0.6 is 0 Å². The van der Waals surface area contributed by atoms with Crippen LogP contribution in [0.1, 0.15) is 15.9 Å². The summed E-state index contributed by atoms with van der Waals surface area (Å²) in [6.07, 6.45) is 0. The quantitative estimate of drug-likeness (QED) is 0.454. The minimum atomic E-state index is -0.681. The summed E-state index contributed by atoms with van der Waals surface area (Å²) in [6, 6.07) is 19.2. The van der Waals surface area contributed by atoms with E-state index in [0.717, 1.165) is 11.6 Å². The van der Waals surface area contributed by atoms with Crippen molar-refractivity contribution in [3.05, 3.63) is 104 Å². The summed E-state index contributed by atoms with van der Waals surface area (Å²) in [5, 5.41) is 27.7. The molecular weight excluding hydrogens is 376 g/mol. The van der Waals surface area contributed by atoms with Crippen molar-refractivity contribution in [2.75, 3.05) is 10.6 Å². The van der Waals surface area contributed by atoms with Gasteiger partial charge < -0.3 is 10.6 Å². The van der Waals surface area contributed by atoms with Crippen LogP contribution in [0.2, 0.25) is 0 Å². The Kier molecular flexibility index (Phi) is 5.79. The molecule has 0 radical (unpaired) electrons. The van der Waals surface area contributed by atoms with E-state index in [2.05, 4.69) is 10.6 Å². The van der Waals surface area contributed by atoms with Gasteiger partial charge in [0.25, 0.3) is 17.3 Å². The summed E-state index contributed by atoms with van der Waals surface area (Å²) >= 11 is 0. The Labute approximate surface area is 165 Å². The van der Waals surface area contributed by atoms with Gasteiger partial charge in [-0.2, -0.15) is 0 Å². The Balaban J connectivity index is 1.65. The molecule has 9 nitrogen and oxygen atoms in total. The van der Waals surface area contributed by atoms with Crippen LogP contribution < -0.4 is 10.6 Å². The Hall–Kier alpha value is -4.27. The highest BCUT2D eigenvalue weighted by atomic mass is 16.6.